The molecule has 0 aliphatic heterocycles. The summed E-state index contributed by atoms with van der Waals surface area (Å²) < 4.78 is 14.3. The van der Waals surface area contributed by atoms with E-state index in [1.165, 1.54) is 12.1 Å². The van der Waals surface area contributed by atoms with Crippen LogP contribution in [0.1, 0.15) is 22.7 Å². The predicted molar refractivity (Wildman–Crippen MR) is 79.5 cm³/mol. The zero-order valence-electron chi connectivity index (χ0n) is 10.3. The molecule has 0 amide bonds. The van der Waals surface area contributed by atoms with E-state index in [1.54, 1.807) is 18.2 Å². The maximum Gasteiger partial charge on any atom is 0.123 e. The van der Waals surface area contributed by atoms with Crippen LogP contribution in [0, 0.1) is 12.7 Å². The van der Waals surface area contributed by atoms with Crippen LogP contribution in [0.4, 0.5) is 4.39 Å². The fourth-order valence-electron chi connectivity index (χ4n) is 2.03. The number of rotatable bonds is 3. The Labute approximate surface area is 124 Å². The molecule has 0 heterocycles. The molecule has 1 unspecified atom stereocenters. The van der Waals surface area contributed by atoms with Crippen LogP contribution < -0.4 is 11.3 Å². The van der Waals surface area contributed by atoms with Crippen LogP contribution in [0.5, 0.6) is 0 Å². The molecule has 0 aliphatic rings. The molecule has 2 aromatic carbocycles. The average molecular weight is 344 g/mol. The molecule has 0 fully saturated rings. The number of hydrogen-bond acceptors (Lipinski definition) is 2. The minimum atomic E-state index is -0.314. The van der Waals surface area contributed by atoms with Crippen LogP contribution >= 0.6 is 27.5 Å². The summed E-state index contributed by atoms with van der Waals surface area (Å²) in [5.41, 5.74) is 5.33. The summed E-state index contributed by atoms with van der Waals surface area (Å²) in [5, 5.41) is 0.596. The Morgan fingerprint density at radius 3 is 2.63 bits per heavy atom. The van der Waals surface area contributed by atoms with Gasteiger partial charge in [0.15, 0.2) is 0 Å². The third-order valence-electron chi connectivity index (χ3n) is 2.94. The van der Waals surface area contributed by atoms with Gasteiger partial charge in [0.05, 0.1) is 6.04 Å². The summed E-state index contributed by atoms with van der Waals surface area (Å²) in [6, 6.07) is 9.83. The van der Waals surface area contributed by atoms with Gasteiger partial charge in [0.25, 0.3) is 0 Å². The lowest BCUT2D eigenvalue weighted by atomic mass is 9.95. The average Bonchev–Trinajstić information content (AvgIpc) is 2.33. The van der Waals surface area contributed by atoms with E-state index >= 15 is 0 Å². The number of hydrazine groups is 1. The summed E-state index contributed by atoms with van der Waals surface area (Å²) in [6.07, 6.45) is 0. The highest BCUT2D eigenvalue weighted by Crippen LogP contribution is 2.29. The highest BCUT2D eigenvalue weighted by molar-refractivity contribution is 9.10. The second-order valence-electron chi connectivity index (χ2n) is 4.30. The summed E-state index contributed by atoms with van der Waals surface area (Å²) in [6.45, 7) is 1.92. The first-order chi connectivity index (χ1) is 9.01. The largest absolute Gasteiger partial charge is 0.271 e. The SMILES string of the molecule is Cc1ccc(F)cc1C(NN)c1cc(Cl)cc(Br)c1. The van der Waals surface area contributed by atoms with Gasteiger partial charge in [-0.25, -0.2) is 9.82 Å². The normalized spacial score (nSPS) is 12.5. The molecule has 0 spiro atoms. The minimum Gasteiger partial charge on any atom is -0.271 e. The Kier molecular flexibility index (Phi) is 4.58. The number of hydrogen-bond donors (Lipinski definition) is 2. The first kappa shape index (κ1) is 14.5. The van der Waals surface area contributed by atoms with E-state index in [-0.39, 0.29) is 11.9 Å². The standard InChI is InChI=1S/C14H13BrClFN2/c1-8-2-3-12(17)7-13(8)14(19-18)9-4-10(15)6-11(16)5-9/h2-7,14,19H,18H2,1H3. The van der Waals surface area contributed by atoms with Gasteiger partial charge in [0, 0.05) is 9.50 Å². The fraction of sp³-hybridized carbons (Fsp3) is 0.143. The molecule has 1 atom stereocenters. The Bertz CT molecular complexity index is 584. The molecule has 2 rings (SSSR count). The van der Waals surface area contributed by atoms with E-state index in [4.69, 9.17) is 17.4 Å². The van der Waals surface area contributed by atoms with Gasteiger partial charge in [-0.15, -0.1) is 0 Å². The molecule has 19 heavy (non-hydrogen) atoms. The summed E-state index contributed by atoms with van der Waals surface area (Å²) >= 11 is 9.43. The van der Waals surface area contributed by atoms with Gasteiger partial charge in [0.1, 0.15) is 5.82 Å². The molecule has 0 aromatic heterocycles. The van der Waals surface area contributed by atoms with Crippen molar-refractivity contribution in [1.29, 1.82) is 0 Å². The highest BCUT2D eigenvalue weighted by Gasteiger charge is 2.16. The van der Waals surface area contributed by atoms with Crippen molar-refractivity contribution in [2.45, 2.75) is 13.0 Å². The Hall–Kier alpha value is -0.940. The maximum absolute atomic E-state index is 13.4. The number of nitrogens with one attached hydrogen (secondary N) is 1. The molecule has 0 radical (unpaired) electrons. The lowest BCUT2D eigenvalue weighted by Crippen LogP contribution is -2.29. The van der Waals surface area contributed by atoms with Crippen LogP contribution in [0.15, 0.2) is 40.9 Å². The second kappa shape index (κ2) is 6.01. The second-order valence-corrected chi connectivity index (χ2v) is 5.66. The van der Waals surface area contributed by atoms with Crippen molar-refractivity contribution in [1.82, 2.24) is 5.43 Å². The quantitative estimate of drug-likeness (QED) is 0.650. The fourth-order valence-corrected chi connectivity index (χ4v) is 2.92. The van der Waals surface area contributed by atoms with Gasteiger partial charge in [-0.3, -0.25) is 5.84 Å². The van der Waals surface area contributed by atoms with Crippen LogP contribution in [0.3, 0.4) is 0 Å². The number of benzene rings is 2. The zero-order chi connectivity index (χ0) is 14.0. The van der Waals surface area contributed by atoms with Gasteiger partial charge >= 0.3 is 0 Å². The first-order valence-electron chi connectivity index (χ1n) is 5.69. The smallest absolute Gasteiger partial charge is 0.123 e. The molecule has 2 aromatic rings. The Balaban J connectivity index is 2.52. The molecule has 5 heteroatoms. The van der Waals surface area contributed by atoms with Crippen molar-refractivity contribution in [2.75, 3.05) is 0 Å². The van der Waals surface area contributed by atoms with E-state index in [0.29, 0.717) is 5.02 Å². The molecule has 0 saturated heterocycles. The third kappa shape index (κ3) is 3.34. The van der Waals surface area contributed by atoms with Gasteiger partial charge in [-0.1, -0.05) is 33.6 Å². The van der Waals surface area contributed by atoms with E-state index in [1.807, 2.05) is 13.0 Å². The summed E-state index contributed by atoms with van der Waals surface area (Å²) in [4.78, 5) is 0. The molecule has 100 valence electrons. The molecule has 0 bridgehead atoms. The Morgan fingerprint density at radius 1 is 1.26 bits per heavy atom. The lowest BCUT2D eigenvalue weighted by Gasteiger charge is -2.19. The van der Waals surface area contributed by atoms with Crippen molar-refractivity contribution in [2.24, 2.45) is 5.84 Å². The van der Waals surface area contributed by atoms with Gasteiger partial charge in [-0.2, -0.15) is 0 Å². The summed E-state index contributed by atoms with van der Waals surface area (Å²) in [7, 11) is 0. The van der Waals surface area contributed by atoms with Crippen molar-refractivity contribution < 1.29 is 4.39 Å². The van der Waals surface area contributed by atoms with E-state index < -0.39 is 0 Å². The van der Waals surface area contributed by atoms with Crippen LogP contribution in [-0.2, 0) is 0 Å². The van der Waals surface area contributed by atoms with Gasteiger partial charge in [0.2, 0.25) is 0 Å². The molecular formula is C14H13BrClFN2. The van der Waals surface area contributed by atoms with Crippen molar-refractivity contribution in [3.8, 4) is 0 Å². The van der Waals surface area contributed by atoms with Gasteiger partial charge in [-0.05, 0) is 53.9 Å². The molecular weight excluding hydrogens is 331 g/mol. The number of nitrogens with two attached hydrogens (primary N) is 1. The van der Waals surface area contributed by atoms with Gasteiger partial charge < -0.3 is 0 Å². The van der Waals surface area contributed by atoms with E-state index in [2.05, 4.69) is 21.4 Å². The van der Waals surface area contributed by atoms with Crippen molar-refractivity contribution in [3.63, 3.8) is 0 Å². The van der Waals surface area contributed by atoms with Crippen molar-refractivity contribution >= 4 is 27.5 Å². The summed E-state index contributed by atoms with van der Waals surface area (Å²) in [5.74, 6) is 5.34. The molecule has 0 aliphatic carbocycles. The Morgan fingerprint density at radius 2 is 2.00 bits per heavy atom. The van der Waals surface area contributed by atoms with Crippen LogP contribution in [0.2, 0.25) is 5.02 Å². The monoisotopic (exact) mass is 342 g/mol. The molecule has 3 N–H and O–H groups in total. The minimum absolute atomic E-state index is 0.290. The van der Waals surface area contributed by atoms with E-state index in [9.17, 15) is 4.39 Å². The third-order valence-corrected chi connectivity index (χ3v) is 3.61. The van der Waals surface area contributed by atoms with E-state index in [0.717, 1.165) is 21.2 Å². The number of halogens is 3. The van der Waals surface area contributed by atoms with Crippen molar-refractivity contribution in [3.05, 3.63) is 68.4 Å². The highest BCUT2D eigenvalue weighted by atomic mass is 79.9. The maximum atomic E-state index is 13.4. The van der Waals surface area contributed by atoms with Crippen LogP contribution in [-0.4, -0.2) is 0 Å². The zero-order valence-corrected chi connectivity index (χ0v) is 12.6. The molecule has 2 nitrogen and oxygen atoms in total. The lowest BCUT2D eigenvalue weighted by molar-refractivity contribution is 0.602. The van der Waals surface area contributed by atoms with Crippen LogP contribution in [0.25, 0.3) is 0 Å². The molecule has 0 saturated carbocycles. The number of aryl methyl sites for hydroxylation is 1. The topological polar surface area (TPSA) is 38.0 Å². The predicted octanol–water partition coefficient (Wildman–Crippen LogP) is 4.10. The first-order valence-corrected chi connectivity index (χ1v) is 6.86.